The zero-order valence-electron chi connectivity index (χ0n) is 11.1. The lowest BCUT2D eigenvalue weighted by molar-refractivity contribution is -0.120. The summed E-state index contributed by atoms with van der Waals surface area (Å²) in [5.41, 5.74) is 2.32. The van der Waals surface area contributed by atoms with Crippen LogP contribution in [0.4, 0.5) is 0 Å². The number of alkyl halides is 2. The van der Waals surface area contributed by atoms with Gasteiger partial charge in [-0.1, -0.05) is 12.1 Å². The second kappa shape index (κ2) is 7.09. The Bertz CT molecular complexity index is 507. The summed E-state index contributed by atoms with van der Waals surface area (Å²) >= 11 is 11.7. The van der Waals surface area contributed by atoms with E-state index in [1.54, 1.807) is 6.07 Å². The molecule has 2 rings (SSSR count). The Morgan fingerprint density at radius 3 is 2.50 bits per heavy atom. The van der Waals surface area contributed by atoms with E-state index in [2.05, 4.69) is 5.32 Å². The van der Waals surface area contributed by atoms with Gasteiger partial charge in [-0.25, -0.2) is 0 Å². The molecule has 1 aromatic rings. The zero-order valence-corrected chi connectivity index (χ0v) is 12.6. The number of ketones is 1. The number of halogens is 2. The van der Waals surface area contributed by atoms with Gasteiger partial charge in [-0.15, -0.1) is 23.2 Å². The highest BCUT2D eigenvalue weighted by Crippen LogP contribution is 2.19. The quantitative estimate of drug-likeness (QED) is 0.866. The predicted octanol–water partition coefficient (Wildman–Crippen LogP) is 3.41. The standard InChI is InChI=1S/C15H17Cl2NO2/c16-8-10-1-6-14(11(7-10)9-17)15(20)18-12-2-4-13(19)5-3-12/h1,6-7,12H,2-5,8-9H2,(H,18,20). The highest BCUT2D eigenvalue weighted by Gasteiger charge is 2.21. The fourth-order valence-electron chi connectivity index (χ4n) is 2.41. The maximum absolute atomic E-state index is 12.3. The number of rotatable bonds is 4. The van der Waals surface area contributed by atoms with Crippen molar-refractivity contribution in [2.75, 3.05) is 0 Å². The molecule has 5 heteroatoms. The SMILES string of the molecule is O=C1CCC(NC(=O)c2ccc(CCl)cc2CCl)CC1. The van der Waals surface area contributed by atoms with E-state index >= 15 is 0 Å². The van der Waals surface area contributed by atoms with Crippen LogP contribution in [-0.2, 0) is 16.6 Å². The van der Waals surface area contributed by atoms with E-state index < -0.39 is 0 Å². The van der Waals surface area contributed by atoms with Gasteiger partial charge in [0.1, 0.15) is 5.78 Å². The number of amides is 1. The summed E-state index contributed by atoms with van der Waals surface area (Å²) in [6.45, 7) is 0. The van der Waals surface area contributed by atoms with Crippen LogP contribution in [0.2, 0.25) is 0 Å². The van der Waals surface area contributed by atoms with Gasteiger partial charge in [-0.05, 0) is 30.0 Å². The number of benzene rings is 1. The number of carbonyl (C=O) groups is 2. The first-order chi connectivity index (χ1) is 9.63. The Hall–Kier alpha value is -1.06. The van der Waals surface area contributed by atoms with Crippen LogP contribution >= 0.6 is 23.2 Å². The van der Waals surface area contributed by atoms with Gasteiger partial charge in [0.05, 0.1) is 0 Å². The first kappa shape index (κ1) is 15.3. The summed E-state index contributed by atoms with van der Waals surface area (Å²) in [4.78, 5) is 23.5. The molecular weight excluding hydrogens is 297 g/mol. The maximum Gasteiger partial charge on any atom is 0.251 e. The van der Waals surface area contributed by atoms with Crippen LogP contribution in [0.15, 0.2) is 18.2 Å². The van der Waals surface area contributed by atoms with E-state index in [-0.39, 0.29) is 23.6 Å². The smallest absolute Gasteiger partial charge is 0.251 e. The van der Waals surface area contributed by atoms with Crippen molar-refractivity contribution in [3.63, 3.8) is 0 Å². The molecule has 0 spiro atoms. The molecule has 0 saturated heterocycles. The van der Waals surface area contributed by atoms with Crippen LogP contribution in [0.5, 0.6) is 0 Å². The Morgan fingerprint density at radius 2 is 1.90 bits per heavy atom. The highest BCUT2D eigenvalue weighted by molar-refractivity contribution is 6.18. The fraction of sp³-hybridized carbons (Fsp3) is 0.467. The minimum absolute atomic E-state index is 0.0797. The molecule has 0 aliphatic heterocycles. The molecule has 0 heterocycles. The van der Waals surface area contributed by atoms with Crippen LogP contribution in [-0.4, -0.2) is 17.7 Å². The van der Waals surface area contributed by atoms with E-state index in [1.807, 2.05) is 12.1 Å². The summed E-state index contributed by atoms with van der Waals surface area (Å²) in [5.74, 6) is 0.831. The van der Waals surface area contributed by atoms with Crippen molar-refractivity contribution in [2.45, 2.75) is 43.5 Å². The molecular formula is C15H17Cl2NO2. The third-order valence-electron chi connectivity index (χ3n) is 3.59. The van der Waals surface area contributed by atoms with E-state index in [1.165, 1.54) is 0 Å². The van der Waals surface area contributed by atoms with Crippen LogP contribution in [0.3, 0.4) is 0 Å². The number of Topliss-reactive ketones (excluding diaryl/α,β-unsaturated/α-hetero) is 1. The number of nitrogens with one attached hydrogen (secondary N) is 1. The van der Waals surface area contributed by atoms with Gasteiger partial charge in [-0.2, -0.15) is 0 Å². The average molecular weight is 314 g/mol. The predicted molar refractivity (Wildman–Crippen MR) is 80.3 cm³/mol. The lowest BCUT2D eigenvalue weighted by Crippen LogP contribution is -2.38. The Labute approximate surface area is 128 Å². The van der Waals surface area contributed by atoms with Crippen LogP contribution in [0, 0.1) is 0 Å². The van der Waals surface area contributed by atoms with Crippen molar-refractivity contribution < 1.29 is 9.59 Å². The summed E-state index contributed by atoms with van der Waals surface area (Å²) in [7, 11) is 0. The van der Waals surface area contributed by atoms with Crippen molar-refractivity contribution in [3.8, 4) is 0 Å². The summed E-state index contributed by atoms with van der Waals surface area (Å²) in [6, 6.07) is 5.54. The van der Waals surface area contributed by atoms with Gasteiger partial charge in [0.15, 0.2) is 0 Å². The van der Waals surface area contributed by atoms with Crippen molar-refractivity contribution in [1.82, 2.24) is 5.32 Å². The minimum atomic E-state index is -0.124. The van der Waals surface area contributed by atoms with Crippen molar-refractivity contribution >= 4 is 34.9 Å². The van der Waals surface area contributed by atoms with Crippen molar-refractivity contribution in [3.05, 3.63) is 34.9 Å². The average Bonchev–Trinajstić information content (AvgIpc) is 2.48. The molecule has 1 fully saturated rings. The highest BCUT2D eigenvalue weighted by atomic mass is 35.5. The zero-order chi connectivity index (χ0) is 14.5. The molecule has 0 bridgehead atoms. The van der Waals surface area contributed by atoms with Crippen molar-refractivity contribution in [1.29, 1.82) is 0 Å². The first-order valence-corrected chi connectivity index (χ1v) is 7.77. The van der Waals surface area contributed by atoms with Crippen LogP contribution in [0.25, 0.3) is 0 Å². The molecule has 3 nitrogen and oxygen atoms in total. The lowest BCUT2D eigenvalue weighted by atomic mass is 9.94. The normalized spacial score (nSPS) is 16.2. The minimum Gasteiger partial charge on any atom is -0.349 e. The molecule has 1 amide bonds. The Balaban J connectivity index is 2.07. The van der Waals surface area contributed by atoms with Gasteiger partial charge in [0, 0.05) is 36.2 Å². The lowest BCUT2D eigenvalue weighted by Gasteiger charge is -2.22. The number of carbonyl (C=O) groups excluding carboxylic acids is 2. The second-order valence-electron chi connectivity index (χ2n) is 5.05. The monoisotopic (exact) mass is 313 g/mol. The number of hydrogen-bond acceptors (Lipinski definition) is 2. The summed E-state index contributed by atoms with van der Waals surface area (Å²) in [6.07, 6.45) is 2.55. The van der Waals surface area contributed by atoms with E-state index in [4.69, 9.17) is 23.2 Å². The summed E-state index contributed by atoms with van der Waals surface area (Å²) < 4.78 is 0. The van der Waals surface area contributed by atoms with Gasteiger partial charge in [0.2, 0.25) is 0 Å². The molecule has 1 aliphatic rings. The maximum atomic E-state index is 12.3. The molecule has 0 radical (unpaired) electrons. The van der Waals surface area contributed by atoms with Gasteiger partial charge in [0.25, 0.3) is 5.91 Å². The van der Waals surface area contributed by atoms with Crippen LogP contribution in [0.1, 0.15) is 47.2 Å². The number of hydrogen-bond donors (Lipinski definition) is 1. The molecule has 1 N–H and O–H groups in total. The Kier molecular flexibility index (Phi) is 5.44. The fourth-order valence-corrected chi connectivity index (χ4v) is 2.80. The summed E-state index contributed by atoms with van der Waals surface area (Å²) in [5, 5.41) is 2.99. The largest absolute Gasteiger partial charge is 0.349 e. The van der Waals surface area contributed by atoms with E-state index in [0.717, 1.165) is 24.0 Å². The van der Waals surface area contributed by atoms with Crippen LogP contribution < -0.4 is 5.32 Å². The van der Waals surface area contributed by atoms with Crippen molar-refractivity contribution in [2.24, 2.45) is 0 Å². The molecule has 0 aromatic heterocycles. The van der Waals surface area contributed by atoms with E-state index in [9.17, 15) is 9.59 Å². The molecule has 20 heavy (non-hydrogen) atoms. The molecule has 108 valence electrons. The third kappa shape index (κ3) is 3.74. The Morgan fingerprint density at radius 1 is 1.20 bits per heavy atom. The molecule has 1 saturated carbocycles. The third-order valence-corrected chi connectivity index (χ3v) is 4.19. The second-order valence-corrected chi connectivity index (χ2v) is 5.58. The molecule has 1 aromatic carbocycles. The van der Waals surface area contributed by atoms with E-state index in [0.29, 0.717) is 24.3 Å². The molecule has 0 unspecified atom stereocenters. The topological polar surface area (TPSA) is 46.2 Å². The molecule has 0 atom stereocenters. The van der Waals surface area contributed by atoms with Gasteiger partial charge >= 0.3 is 0 Å². The van der Waals surface area contributed by atoms with Gasteiger partial charge < -0.3 is 5.32 Å². The first-order valence-electron chi connectivity index (χ1n) is 6.70. The van der Waals surface area contributed by atoms with Gasteiger partial charge in [-0.3, -0.25) is 9.59 Å². The molecule has 1 aliphatic carbocycles.